The minimum absolute atomic E-state index is 0.0577. The zero-order chi connectivity index (χ0) is 17.8. The summed E-state index contributed by atoms with van der Waals surface area (Å²) in [4.78, 5) is 23.1. The van der Waals surface area contributed by atoms with Crippen LogP contribution in [0.1, 0.15) is 22.5 Å². The third kappa shape index (κ3) is 4.04. The Hall–Kier alpha value is -2.70. The molecular formula is C18H24N6O. The van der Waals surface area contributed by atoms with Gasteiger partial charge in [0.1, 0.15) is 5.82 Å². The van der Waals surface area contributed by atoms with Gasteiger partial charge in [-0.1, -0.05) is 0 Å². The second kappa shape index (κ2) is 7.46. The van der Waals surface area contributed by atoms with Gasteiger partial charge in [-0.25, -0.2) is 4.98 Å². The van der Waals surface area contributed by atoms with Crippen molar-refractivity contribution < 1.29 is 4.79 Å². The van der Waals surface area contributed by atoms with E-state index in [9.17, 15) is 4.79 Å². The van der Waals surface area contributed by atoms with Crippen LogP contribution in [0.25, 0.3) is 0 Å². The predicted octanol–water partition coefficient (Wildman–Crippen LogP) is 1.60. The van der Waals surface area contributed by atoms with Gasteiger partial charge in [-0.3, -0.25) is 4.79 Å². The highest BCUT2D eigenvalue weighted by Crippen LogP contribution is 2.16. The summed E-state index contributed by atoms with van der Waals surface area (Å²) in [7, 11) is 3.84. The fourth-order valence-electron chi connectivity index (χ4n) is 2.89. The highest BCUT2D eigenvalue weighted by molar-refractivity contribution is 5.94. The maximum atomic E-state index is 12.8. The lowest BCUT2D eigenvalue weighted by molar-refractivity contribution is 0.0767. The molecule has 3 rings (SSSR count). The van der Waals surface area contributed by atoms with Gasteiger partial charge in [0.2, 0.25) is 0 Å². The standard InChI is InChI=1S/C18H24N6O/c1-14-5-6-16(21-20-14)23-9-4-10-24(12-11-23)18(25)15-7-8-19-17(13-15)22(2)3/h5-8,13H,4,9-12H2,1-3H3. The van der Waals surface area contributed by atoms with E-state index in [1.165, 1.54) is 0 Å². The molecule has 0 N–H and O–H groups in total. The van der Waals surface area contributed by atoms with E-state index in [0.29, 0.717) is 12.1 Å². The second-order valence-electron chi connectivity index (χ2n) is 6.46. The molecule has 1 aliphatic heterocycles. The molecule has 0 aromatic carbocycles. The number of nitrogens with zero attached hydrogens (tertiary/aromatic N) is 6. The molecule has 3 heterocycles. The summed E-state index contributed by atoms with van der Waals surface area (Å²) in [5, 5.41) is 8.39. The topological polar surface area (TPSA) is 65.5 Å². The zero-order valence-corrected chi connectivity index (χ0v) is 15.0. The average Bonchev–Trinajstić information content (AvgIpc) is 2.88. The molecule has 1 fully saturated rings. The molecule has 2 aromatic rings. The van der Waals surface area contributed by atoms with Crippen LogP contribution in [0.5, 0.6) is 0 Å². The lowest BCUT2D eigenvalue weighted by atomic mass is 10.2. The van der Waals surface area contributed by atoms with Crippen molar-refractivity contribution in [2.45, 2.75) is 13.3 Å². The van der Waals surface area contributed by atoms with E-state index in [1.807, 2.05) is 49.0 Å². The summed E-state index contributed by atoms with van der Waals surface area (Å²) in [6.45, 7) is 4.98. The molecular weight excluding hydrogens is 316 g/mol. The molecule has 1 aliphatic rings. The first-order chi connectivity index (χ1) is 12.0. The zero-order valence-electron chi connectivity index (χ0n) is 15.0. The molecule has 0 saturated carbocycles. The normalized spacial score (nSPS) is 15.0. The van der Waals surface area contributed by atoms with Gasteiger partial charge >= 0.3 is 0 Å². The number of aryl methyl sites for hydroxylation is 1. The minimum Gasteiger partial charge on any atom is -0.363 e. The fraction of sp³-hybridized carbons (Fsp3) is 0.444. The first kappa shape index (κ1) is 17.1. The number of hydrogen-bond donors (Lipinski definition) is 0. The molecule has 7 heteroatoms. The Morgan fingerprint density at radius 2 is 1.92 bits per heavy atom. The maximum absolute atomic E-state index is 12.8. The van der Waals surface area contributed by atoms with Crippen molar-refractivity contribution in [3.63, 3.8) is 0 Å². The van der Waals surface area contributed by atoms with Crippen LogP contribution >= 0.6 is 0 Å². The van der Waals surface area contributed by atoms with E-state index in [0.717, 1.165) is 43.4 Å². The summed E-state index contributed by atoms with van der Waals surface area (Å²) in [6.07, 6.45) is 2.60. The van der Waals surface area contributed by atoms with E-state index < -0.39 is 0 Å². The Morgan fingerprint density at radius 1 is 1.08 bits per heavy atom. The van der Waals surface area contributed by atoms with Crippen molar-refractivity contribution in [3.05, 3.63) is 41.7 Å². The molecule has 0 spiro atoms. The van der Waals surface area contributed by atoms with Gasteiger partial charge in [0.25, 0.3) is 5.91 Å². The lowest BCUT2D eigenvalue weighted by Crippen LogP contribution is -2.35. The van der Waals surface area contributed by atoms with Crippen molar-refractivity contribution in [1.29, 1.82) is 0 Å². The van der Waals surface area contributed by atoms with E-state index in [2.05, 4.69) is 20.1 Å². The van der Waals surface area contributed by atoms with Crippen molar-refractivity contribution in [2.24, 2.45) is 0 Å². The molecule has 1 saturated heterocycles. The largest absolute Gasteiger partial charge is 0.363 e. The van der Waals surface area contributed by atoms with Gasteiger partial charge in [-0.15, -0.1) is 5.10 Å². The van der Waals surface area contributed by atoms with Crippen molar-refractivity contribution in [3.8, 4) is 0 Å². The number of pyridine rings is 1. The Labute approximate surface area is 148 Å². The third-order valence-corrected chi connectivity index (χ3v) is 4.34. The molecule has 7 nitrogen and oxygen atoms in total. The molecule has 1 amide bonds. The predicted molar refractivity (Wildman–Crippen MR) is 98.1 cm³/mol. The van der Waals surface area contributed by atoms with Gasteiger partial charge in [0.15, 0.2) is 5.82 Å². The Morgan fingerprint density at radius 3 is 2.64 bits per heavy atom. The summed E-state index contributed by atoms with van der Waals surface area (Å²) >= 11 is 0. The number of aromatic nitrogens is 3. The smallest absolute Gasteiger partial charge is 0.254 e. The average molecular weight is 340 g/mol. The quantitative estimate of drug-likeness (QED) is 0.846. The van der Waals surface area contributed by atoms with Gasteiger partial charge < -0.3 is 14.7 Å². The Kier molecular flexibility index (Phi) is 5.11. The molecule has 0 unspecified atom stereocenters. The highest BCUT2D eigenvalue weighted by Gasteiger charge is 2.21. The number of anilines is 2. The molecule has 132 valence electrons. The fourth-order valence-corrected chi connectivity index (χ4v) is 2.89. The van der Waals surface area contributed by atoms with Crippen LogP contribution in [0.4, 0.5) is 11.6 Å². The first-order valence-electron chi connectivity index (χ1n) is 8.52. The van der Waals surface area contributed by atoms with Crippen LogP contribution in [0.15, 0.2) is 30.5 Å². The molecule has 0 atom stereocenters. The summed E-state index contributed by atoms with van der Waals surface area (Å²) < 4.78 is 0. The van der Waals surface area contributed by atoms with Crippen LogP contribution in [0.3, 0.4) is 0 Å². The Balaban J connectivity index is 1.69. The van der Waals surface area contributed by atoms with Crippen LogP contribution in [-0.2, 0) is 0 Å². The molecule has 0 bridgehead atoms. The lowest BCUT2D eigenvalue weighted by Gasteiger charge is -2.23. The number of carbonyl (C=O) groups is 1. The number of hydrogen-bond acceptors (Lipinski definition) is 6. The monoisotopic (exact) mass is 340 g/mol. The van der Waals surface area contributed by atoms with E-state index in [-0.39, 0.29) is 5.91 Å². The molecule has 2 aromatic heterocycles. The molecule has 25 heavy (non-hydrogen) atoms. The number of rotatable bonds is 3. The number of amides is 1. The first-order valence-corrected chi connectivity index (χ1v) is 8.52. The maximum Gasteiger partial charge on any atom is 0.254 e. The second-order valence-corrected chi connectivity index (χ2v) is 6.46. The van der Waals surface area contributed by atoms with E-state index in [1.54, 1.807) is 12.3 Å². The summed E-state index contributed by atoms with van der Waals surface area (Å²) in [5.74, 6) is 1.72. The van der Waals surface area contributed by atoms with Crippen molar-refractivity contribution >= 4 is 17.5 Å². The summed E-state index contributed by atoms with van der Waals surface area (Å²) in [6, 6.07) is 7.59. The van der Waals surface area contributed by atoms with Crippen molar-refractivity contribution in [2.75, 3.05) is 50.1 Å². The van der Waals surface area contributed by atoms with E-state index in [4.69, 9.17) is 0 Å². The highest BCUT2D eigenvalue weighted by atomic mass is 16.2. The minimum atomic E-state index is 0.0577. The van der Waals surface area contributed by atoms with Crippen molar-refractivity contribution in [1.82, 2.24) is 20.1 Å². The number of carbonyl (C=O) groups excluding carboxylic acids is 1. The molecule has 0 radical (unpaired) electrons. The Bertz CT molecular complexity index is 731. The van der Waals surface area contributed by atoms with E-state index >= 15 is 0 Å². The van der Waals surface area contributed by atoms with Gasteiger partial charge in [0.05, 0.1) is 5.69 Å². The van der Waals surface area contributed by atoms with Gasteiger partial charge in [0, 0.05) is 52.0 Å². The summed E-state index contributed by atoms with van der Waals surface area (Å²) in [5.41, 5.74) is 1.59. The molecule has 0 aliphatic carbocycles. The SMILES string of the molecule is Cc1ccc(N2CCCN(C(=O)c3ccnc(N(C)C)c3)CC2)nn1. The van der Waals surface area contributed by atoms with Crippen LogP contribution in [0.2, 0.25) is 0 Å². The van der Waals surface area contributed by atoms with Crippen LogP contribution < -0.4 is 9.80 Å². The van der Waals surface area contributed by atoms with Gasteiger partial charge in [-0.05, 0) is 37.6 Å². The third-order valence-electron chi connectivity index (χ3n) is 4.34. The van der Waals surface area contributed by atoms with Crippen LogP contribution in [0, 0.1) is 6.92 Å². The van der Waals surface area contributed by atoms with Gasteiger partial charge in [-0.2, -0.15) is 5.10 Å². The van der Waals surface area contributed by atoms with Crippen LogP contribution in [-0.4, -0.2) is 66.3 Å².